The minimum absolute atomic E-state index is 0.169. The Morgan fingerprint density at radius 2 is 2.18 bits per heavy atom. The molecule has 0 aromatic heterocycles. The summed E-state index contributed by atoms with van der Waals surface area (Å²) in [6.45, 7) is 13.4. The minimum Gasteiger partial charge on any atom is -0.303 e. The Bertz CT molecular complexity index is 461. The molecular weight excluding hydrogens is 268 g/mol. The van der Waals surface area contributed by atoms with E-state index in [0.717, 1.165) is 25.5 Å². The summed E-state index contributed by atoms with van der Waals surface area (Å²) in [5.41, 5.74) is 3.50. The van der Waals surface area contributed by atoms with Gasteiger partial charge in [-0.3, -0.25) is 0 Å². The standard InChI is InChI=1S/C21H34O/c1-16(2)8-6-12-20(4)13-7-9-19-18(20)11-10-17(3)21(19,5)14-15-22/h11,15,17,19H,1,6-10,12-14H2,2-5H3/t17-,19-,20-,21-/m1/s1. The monoisotopic (exact) mass is 302 g/mol. The van der Waals surface area contributed by atoms with Crippen LogP contribution in [0.2, 0.25) is 0 Å². The first kappa shape index (κ1) is 17.5. The van der Waals surface area contributed by atoms with Crippen molar-refractivity contribution < 1.29 is 4.79 Å². The van der Waals surface area contributed by atoms with Crippen LogP contribution < -0.4 is 0 Å². The molecule has 0 aromatic carbocycles. The highest BCUT2D eigenvalue weighted by Gasteiger charge is 2.48. The lowest BCUT2D eigenvalue weighted by Gasteiger charge is -2.53. The molecule has 0 aliphatic heterocycles. The molecule has 0 spiro atoms. The number of aldehydes is 1. The van der Waals surface area contributed by atoms with Gasteiger partial charge in [-0.05, 0) is 68.1 Å². The van der Waals surface area contributed by atoms with Crippen molar-refractivity contribution in [3.05, 3.63) is 23.8 Å². The predicted octanol–water partition coefficient (Wildman–Crippen LogP) is 6.10. The van der Waals surface area contributed by atoms with E-state index in [0.29, 0.717) is 17.3 Å². The highest BCUT2D eigenvalue weighted by molar-refractivity contribution is 5.51. The fourth-order valence-electron chi connectivity index (χ4n) is 4.98. The molecule has 0 N–H and O–H groups in total. The average molecular weight is 303 g/mol. The van der Waals surface area contributed by atoms with Crippen molar-refractivity contribution >= 4 is 6.29 Å². The largest absolute Gasteiger partial charge is 0.303 e. The Balaban J connectivity index is 2.22. The second kappa shape index (κ2) is 6.72. The molecule has 0 bridgehead atoms. The molecule has 1 fully saturated rings. The number of allylic oxidation sites excluding steroid dienone is 3. The third kappa shape index (κ3) is 3.24. The van der Waals surface area contributed by atoms with Gasteiger partial charge in [-0.1, -0.05) is 44.4 Å². The number of carbonyl (C=O) groups excluding carboxylic acids is 1. The van der Waals surface area contributed by atoms with Crippen LogP contribution in [0, 0.1) is 22.7 Å². The Kier molecular flexibility index (Phi) is 5.35. The number of rotatable bonds is 6. The predicted molar refractivity (Wildman–Crippen MR) is 94.8 cm³/mol. The van der Waals surface area contributed by atoms with Crippen LogP contribution in [-0.4, -0.2) is 6.29 Å². The van der Waals surface area contributed by atoms with E-state index in [2.05, 4.69) is 40.3 Å². The molecule has 0 aromatic rings. The van der Waals surface area contributed by atoms with Crippen molar-refractivity contribution in [1.29, 1.82) is 0 Å². The van der Waals surface area contributed by atoms with E-state index in [1.165, 1.54) is 37.7 Å². The Hall–Kier alpha value is -0.850. The fraction of sp³-hybridized carbons (Fsp3) is 0.762. The SMILES string of the molecule is C=C(C)CCC[C@]1(C)CCC[C@@H]2C1=CC[C@@H](C)[C@@]2(C)CC=O. The zero-order chi connectivity index (χ0) is 16.4. The van der Waals surface area contributed by atoms with Crippen molar-refractivity contribution in [2.24, 2.45) is 22.7 Å². The number of carbonyl (C=O) groups is 1. The number of hydrogen-bond donors (Lipinski definition) is 0. The lowest BCUT2D eigenvalue weighted by molar-refractivity contribution is -0.111. The molecule has 0 unspecified atom stereocenters. The second-order valence-electron chi connectivity index (χ2n) is 8.49. The fourth-order valence-corrected chi connectivity index (χ4v) is 4.98. The van der Waals surface area contributed by atoms with Crippen LogP contribution in [0.25, 0.3) is 0 Å². The molecule has 22 heavy (non-hydrogen) atoms. The summed E-state index contributed by atoms with van der Waals surface area (Å²) >= 11 is 0. The van der Waals surface area contributed by atoms with E-state index in [1.807, 2.05) is 0 Å². The molecule has 0 saturated heterocycles. The molecule has 0 radical (unpaired) electrons. The summed E-state index contributed by atoms with van der Waals surface area (Å²) in [7, 11) is 0. The first-order chi connectivity index (χ1) is 10.3. The van der Waals surface area contributed by atoms with Gasteiger partial charge in [0.05, 0.1) is 0 Å². The van der Waals surface area contributed by atoms with Crippen LogP contribution in [0.1, 0.15) is 79.1 Å². The van der Waals surface area contributed by atoms with Gasteiger partial charge in [0.2, 0.25) is 0 Å². The van der Waals surface area contributed by atoms with Crippen LogP contribution >= 0.6 is 0 Å². The van der Waals surface area contributed by atoms with E-state index < -0.39 is 0 Å². The van der Waals surface area contributed by atoms with Gasteiger partial charge in [-0.15, -0.1) is 6.58 Å². The molecular formula is C21H34O. The van der Waals surface area contributed by atoms with E-state index in [-0.39, 0.29) is 5.41 Å². The normalized spacial score (nSPS) is 38.1. The highest BCUT2D eigenvalue weighted by atomic mass is 16.1. The van der Waals surface area contributed by atoms with E-state index in [1.54, 1.807) is 5.57 Å². The summed E-state index contributed by atoms with van der Waals surface area (Å²) in [4.78, 5) is 11.3. The Morgan fingerprint density at radius 1 is 1.45 bits per heavy atom. The summed E-state index contributed by atoms with van der Waals surface area (Å²) in [5, 5.41) is 0. The quantitative estimate of drug-likeness (QED) is 0.428. The maximum atomic E-state index is 11.3. The van der Waals surface area contributed by atoms with Crippen LogP contribution in [-0.2, 0) is 4.79 Å². The first-order valence-electron chi connectivity index (χ1n) is 9.12. The topological polar surface area (TPSA) is 17.1 Å². The summed E-state index contributed by atoms with van der Waals surface area (Å²) in [6.07, 6.45) is 13.1. The Labute approximate surface area is 137 Å². The average Bonchev–Trinajstić information content (AvgIpc) is 2.44. The molecule has 0 amide bonds. The molecule has 1 saturated carbocycles. The molecule has 4 atom stereocenters. The van der Waals surface area contributed by atoms with Gasteiger partial charge in [-0.2, -0.15) is 0 Å². The molecule has 2 rings (SSSR count). The van der Waals surface area contributed by atoms with E-state index in [4.69, 9.17) is 0 Å². The molecule has 1 heteroatoms. The highest BCUT2D eigenvalue weighted by Crippen LogP contribution is 2.58. The van der Waals surface area contributed by atoms with Gasteiger partial charge in [0, 0.05) is 6.42 Å². The number of fused-ring (bicyclic) bond motifs is 1. The first-order valence-corrected chi connectivity index (χ1v) is 9.12. The molecule has 1 nitrogen and oxygen atoms in total. The van der Waals surface area contributed by atoms with Crippen LogP contribution in [0.4, 0.5) is 0 Å². The van der Waals surface area contributed by atoms with E-state index in [9.17, 15) is 4.79 Å². The smallest absolute Gasteiger partial charge is 0.120 e. The zero-order valence-corrected chi connectivity index (χ0v) is 15.1. The summed E-state index contributed by atoms with van der Waals surface area (Å²) in [5.74, 6) is 1.23. The van der Waals surface area contributed by atoms with Gasteiger partial charge in [-0.25, -0.2) is 0 Å². The molecule has 0 heterocycles. The molecule has 2 aliphatic rings. The van der Waals surface area contributed by atoms with Gasteiger partial charge < -0.3 is 4.79 Å². The molecule has 2 aliphatic carbocycles. The van der Waals surface area contributed by atoms with Crippen LogP contribution in [0.15, 0.2) is 23.8 Å². The van der Waals surface area contributed by atoms with Gasteiger partial charge >= 0.3 is 0 Å². The van der Waals surface area contributed by atoms with Crippen molar-refractivity contribution in [3.8, 4) is 0 Å². The molecule has 124 valence electrons. The van der Waals surface area contributed by atoms with Crippen molar-refractivity contribution in [3.63, 3.8) is 0 Å². The number of hydrogen-bond acceptors (Lipinski definition) is 1. The maximum Gasteiger partial charge on any atom is 0.120 e. The van der Waals surface area contributed by atoms with Crippen molar-refractivity contribution in [2.75, 3.05) is 0 Å². The maximum absolute atomic E-state index is 11.3. The lowest BCUT2D eigenvalue weighted by atomic mass is 9.51. The minimum atomic E-state index is 0.169. The van der Waals surface area contributed by atoms with Crippen molar-refractivity contribution in [2.45, 2.75) is 79.1 Å². The van der Waals surface area contributed by atoms with Gasteiger partial charge in [0.1, 0.15) is 6.29 Å². The lowest BCUT2D eigenvalue weighted by Crippen LogP contribution is -2.44. The van der Waals surface area contributed by atoms with Gasteiger partial charge in [0.15, 0.2) is 0 Å². The Morgan fingerprint density at radius 3 is 2.82 bits per heavy atom. The van der Waals surface area contributed by atoms with Crippen LogP contribution in [0.5, 0.6) is 0 Å². The van der Waals surface area contributed by atoms with Gasteiger partial charge in [0.25, 0.3) is 0 Å². The summed E-state index contributed by atoms with van der Waals surface area (Å²) < 4.78 is 0. The van der Waals surface area contributed by atoms with Crippen LogP contribution in [0.3, 0.4) is 0 Å². The van der Waals surface area contributed by atoms with Crippen molar-refractivity contribution in [1.82, 2.24) is 0 Å². The second-order valence-corrected chi connectivity index (χ2v) is 8.49. The third-order valence-electron chi connectivity index (χ3n) is 6.76. The zero-order valence-electron chi connectivity index (χ0n) is 15.1. The van der Waals surface area contributed by atoms with E-state index >= 15 is 0 Å². The summed E-state index contributed by atoms with van der Waals surface area (Å²) in [6, 6.07) is 0. The third-order valence-corrected chi connectivity index (χ3v) is 6.76.